The van der Waals surface area contributed by atoms with E-state index in [1.807, 2.05) is 19.1 Å². The lowest BCUT2D eigenvalue weighted by Crippen LogP contribution is -2.43. The number of hydrogen-bond acceptors (Lipinski definition) is 7. The molecule has 0 bridgehead atoms. The van der Waals surface area contributed by atoms with Crippen molar-refractivity contribution in [2.24, 2.45) is 5.92 Å². The molecule has 0 aromatic heterocycles. The van der Waals surface area contributed by atoms with Crippen molar-refractivity contribution in [1.29, 1.82) is 0 Å². The van der Waals surface area contributed by atoms with Crippen LogP contribution in [0.4, 0.5) is 5.69 Å². The molecule has 0 aliphatic carbocycles. The molecule has 10 heteroatoms. The van der Waals surface area contributed by atoms with Crippen LogP contribution < -0.4 is 20.2 Å². The first-order valence-electron chi connectivity index (χ1n) is 10.7. The number of carbonyl (C=O) groups excluding carboxylic acids is 4. The predicted octanol–water partition coefficient (Wildman–Crippen LogP) is 1.94. The Bertz CT molecular complexity index is 1060. The van der Waals surface area contributed by atoms with Crippen molar-refractivity contribution in [3.05, 3.63) is 53.6 Å². The molecule has 1 heterocycles. The summed E-state index contributed by atoms with van der Waals surface area (Å²) in [7, 11) is 2.92. The van der Waals surface area contributed by atoms with Crippen LogP contribution in [0.3, 0.4) is 0 Å². The highest BCUT2D eigenvalue weighted by molar-refractivity contribution is 5.97. The van der Waals surface area contributed by atoms with E-state index in [1.54, 1.807) is 18.2 Å². The summed E-state index contributed by atoms with van der Waals surface area (Å²) in [6.07, 6.45) is 0.603. The molecule has 1 fully saturated rings. The maximum atomic E-state index is 12.6. The van der Waals surface area contributed by atoms with Gasteiger partial charge in [-0.1, -0.05) is 25.1 Å². The summed E-state index contributed by atoms with van der Waals surface area (Å²) in [4.78, 5) is 49.5. The second kappa shape index (κ2) is 11.2. The normalized spacial score (nSPS) is 15.0. The fraction of sp³-hybridized carbons (Fsp3) is 0.333. The van der Waals surface area contributed by atoms with Crippen molar-refractivity contribution >= 4 is 29.4 Å². The Kier molecular flexibility index (Phi) is 8.07. The zero-order valence-corrected chi connectivity index (χ0v) is 19.3. The maximum Gasteiger partial charge on any atom is 0.311 e. The van der Waals surface area contributed by atoms with Gasteiger partial charge in [-0.25, -0.2) is 0 Å². The molecule has 1 aliphatic rings. The fourth-order valence-electron chi connectivity index (χ4n) is 3.49. The second-order valence-electron chi connectivity index (χ2n) is 7.61. The van der Waals surface area contributed by atoms with Gasteiger partial charge in [-0.3, -0.25) is 29.6 Å². The van der Waals surface area contributed by atoms with E-state index in [0.717, 1.165) is 17.0 Å². The Balaban J connectivity index is 1.53. The van der Waals surface area contributed by atoms with Crippen molar-refractivity contribution in [3.63, 3.8) is 0 Å². The van der Waals surface area contributed by atoms with Gasteiger partial charge in [0, 0.05) is 23.7 Å². The number of esters is 1. The highest BCUT2D eigenvalue weighted by Gasteiger charge is 2.36. The zero-order valence-electron chi connectivity index (χ0n) is 19.3. The summed E-state index contributed by atoms with van der Waals surface area (Å²) < 4.78 is 15.4. The van der Waals surface area contributed by atoms with E-state index in [0.29, 0.717) is 17.2 Å². The van der Waals surface area contributed by atoms with E-state index in [9.17, 15) is 19.2 Å². The quantitative estimate of drug-likeness (QED) is 0.538. The Morgan fingerprint density at radius 2 is 1.74 bits per heavy atom. The number of hydrazine groups is 1. The van der Waals surface area contributed by atoms with E-state index in [2.05, 4.69) is 10.7 Å². The van der Waals surface area contributed by atoms with Gasteiger partial charge in [-0.05, 0) is 30.2 Å². The van der Waals surface area contributed by atoms with Crippen LogP contribution in [0.1, 0.15) is 29.3 Å². The minimum Gasteiger partial charge on any atom is -0.497 e. The standard InChI is InChI=1S/C24H27N3O7/c1-4-15-7-5-6-8-20(15)25-21(28)14-34-24(31)17-11-22(29)27(13-17)26-23(30)16-9-18(32-2)12-19(10-16)33-3/h5-10,12,17H,4,11,13-14H2,1-3H3,(H,25,28)(H,26,30)/t17-/m0/s1. The SMILES string of the molecule is CCc1ccccc1NC(=O)COC(=O)[C@H]1CC(=O)N(NC(=O)c2cc(OC)cc(OC)c2)C1. The summed E-state index contributed by atoms with van der Waals surface area (Å²) in [5.41, 5.74) is 4.33. The maximum absolute atomic E-state index is 12.6. The topological polar surface area (TPSA) is 123 Å². The zero-order chi connectivity index (χ0) is 24.7. The van der Waals surface area contributed by atoms with Gasteiger partial charge in [0.2, 0.25) is 5.91 Å². The largest absolute Gasteiger partial charge is 0.497 e. The molecule has 10 nitrogen and oxygen atoms in total. The van der Waals surface area contributed by atoms with Gasteiger partial charge < -0.3 is 19.5 Å². The molecule has 2 N–H and O–H groups in total. The van der Waals surface area contributed by atoms with E-state index in [4.69, 9.17) is 14.2 Å². The first-order valence-corrected chi connectivity index (χ1v) is 10.7. The molecular formula is C24H27N3O7. The lowest BCUT2D eigenvalue weighted by Gasteiger charge is -2.18. The Hall–Kier alpha value is -4.08. The summed E-state index contributed by atoms with van der Waals surface area (Å²) in [5, 5.41) is 3.78. The van der Waals surface area contributed by atoms with E-state index < -0.39 is 36.2 Å². The highest BCUT2D eigenvalue weighted by atomic mass is 16.5. The second-order valence-corrected chi connectivity index (χ2v) is 7.61. The summed E-state index contributed by atoms with van der Waals surface area (Å²) in [5.74, 6) is -2.14. The summed E-state index contributed by atoms with van der Waals surface area (Å²) in [6.45, 7) is 1.43. The molecule has 1 aliphatic heterocycles. The molecule has 1 saturated heterocycles. The average Bonchev–Trinajstić information content (AvgIpc) is 3.22. The molecule has 0 radical (unpaired) electrons. The van der Waals surface area contributed by atoms with Crippen LogP contribution in [0.15, 0.2) is 42.5 Å². The van der Waals surface area contributed by atoms with Gasteiger partial charge in [0.15, 0.2) is 6.61 Å². The highest BCUT2D eigenvalue weighted by Crippen LogP contribution is 2.23. The Morgan fingerprint density at radius 3 is 2.38 bits per heavy atom. The number of hydrogen-bond donors (Lipinski definition) is 2. The van der Waals surface area contributed by atoms with Crippen LogP contribution in [0.5, 0.6) is 11.5 Å². The monoisotopic (exact) mass is 469 g/mol. The molecule has 34 heavy (non-hydrogen) atoms. The minimum atomic E-state index is -0.802. The first-order chi connectivity index (χ1) is 16.3. The van der Waals surface area contributed by atoms with Gasteiger partial charge in [0.25, 0.3) is 11.8 Å². The van der Waals surface area contributed by atoms with Gasteiger partial charge in [0.1, 0.15) is 11.5 Å². The van der Waals surface area contributed by atoms with Gasteiger partial charge >= 0.3 is 5.97 Å². The number of aryl methyl sites for hydroxylation is 1. The van der Waals surface area contributed by atoms with Gasteiger partial charge in [-0.15, -0.1) is 0 Å². The molecule has 0 saturated carbocycles. The molecule has 3 rings (SSSR count). The Morgan fingerprint density at radius 1 is 1.06 bits per heavy atom. The molecule has 3 amide bonds. The van der Waals surface area contributed by atoms with Gasteiger partial charge in [-0.2, -0.15) is 0 Å². The molecule has 2 aromatic rings. The van der Waals surface area contributed by atoms with Crippen LogP contribution in [-0.4, -0.2) is 56.1 Å². The number of anilines is 1. The molecule has 0 unspecified atom stereocenters. The fourth-order valence-corrected chi connectivity index (χ4v) is 3.49. The van der Waals surface area contributed by atoms with Crippen LogP contribution in [0, 0.1) is 5.92 Å². The number of para-hydroxylation sites is 1. The van der Waals surface area contributed by atoms with E-state index in [-0.39, 0.29) is 18.5 Å². The first kappa shape index (κ1) is 24.6. The van der Waals surface area contributed by atoms with E-state index >= 15 is 0 Å². The minimum absolute atomic E-state index is 0.0647. The number of benzene rings is 2. The van der Waals surface area contributed by atoms with Crippen molar-refractivity contribution < 1.29 is 33.4 Å². The van der Waals surface area contributed by atoms with Crippen LogP contribution in [0.2, 0.25) is 0 Å². The molecule has 0 spiro atoms. The number of rotatable bonds is 9. The van der Waals surface area contributed by atoms with Gasteiger partial charge in [0.05, 0.1) is 26.7 Å². The van der Waals surface area contributed by atoms with Crippen molar-refractivity contribution in [3.8, 4) is 11.5 Å². The third-order valence-corrected chi connectivity index (χ3v) is 5.33. The smallest absolute Gasteiger partial charge is 0.311 e. The lowest BCUT2D eigenvalue weighted by molar-refractivity contribution is -0.151. The van der Waals surface area contributed by atoms with Crippen LogP contribution >= 0.6 is 0 Å². The van der Waals surface area contributed by atoms with Crippen molar-refractivity contribution in [1.82, 2.24) is 10.4 Å². The average molecular weight is 469 g/mol. The number of ether oxygens (including phenoxy) is 3. The Labute approximate surface area is 197 Å². The molecule has 1 atom stereocenters. The molecule has 180 valence electrons. The number of amides is 3. The van der Waals surface area contributed by atoms with Crippen molar-refractivity contribution in [2.45, 2.75) is 19.8 Å². The molecular weight excluding hydrogens is 442 g/mol. The summed E-state index contributed by atoms with van der Waals surface area (Å²) in [6, 6.07) is 12.0. The third-order valence-electron chi connectivity index (χ3n) is 5.33. The third kappa shape index (κ3) is 6.03. The lowest BCUT2D eigenvalue weighted by atomic mass is 10.1. The van der Waals surface area contributed by atoms with Crippen molar-refractivity contribution in [2.75, 3.05) is 32.7 Å². The molecule has 2 aromatic carbocycles. The van der Waals surface area contributed by atoms with Crippen LogP contribution in [0.25, 0.3) is 0 Å². The number of carbonyl (C=O) groups is 4. The van der Waals surface area contributed by atoms with E-state index in [1.165, 1.54) is 26.4 Å². The number of nitrogens with one attached hydrogen (secondary N) is 2. The number of nitrogens with zero attached hydrogens (tertiary/aromatic N) is 1. The van der Waals surface area contributed by atoms with Crippen LogP contribution in [-0.2, 0) is 25.5 Å². The predicted molar refractivity (Wildman–Crippen MR) is 122 cm³/mol. The number of methoxy groups -OCH3 is 2. The summed E-state index contributed by atoms with van der Waals surface area (Å²) >= 11 is 0.